The van der Waals surface area contributed by atoms with Crippen LogP contribution in [-0.4, -0.2) is 22.6 Å². The standard InChI is InChI=1S/C20H20ClN3O2S2/c1-12(2)9-18(25)22-13-7-8-16-17(10-13)28-20(24-16)27-11-19(26)23-15-6-4-3-5-14(15)21/h3-8,10,12H,9,11H2,1-2H3,(H,22,25)(H,23,26). The van der Waals surface area contributed by atoms with E-state index in [1.54, 1.807) is 12.1 Å². The Balaban J connectivity index is 1.60. The first-order valence-electron chi connectivity index (χ1n) is 8.78. The van der Waals surface area contributed by atoms with Crippen molar-refractivity contribution >= 4 is 68.1 Å². The van der Waals surface area contributed by atoms with Gasteiger partial charge in [0.15, 0.2) is 4.34 Å². The molecule has 1 aromatic heterocycles. The van der Waals surface area contributed by atoms with E-state index in [1.165, 1.54) is 23.1 Å². The molecule has 3 rings (SSSR count). The molecule has 0 spiro atoms. The van der Waals surface area contributed by atoms with Crippen LogP contribution < -0.4 is 10.6 Å². The van der Waals surface area contributed by atoms with Crippen molar-refractivity contribution in [1.82, 2.24) is 4.98 Å². The van der Waals surface area contributed by atoms with Gasteiger partial charge in [-0.25, -0.2) is 4.98 Å². The number of hydrogen-bond donors (Lipinski definition) is 2. The van der Waals surface area contributed by atoms with E-state index < -0.39 is 0 Å². The van der Waals surface area contributed by atoms with Crippen LogP contribution in [0.4, 0.5) is 11.4 Å². The molecule has 28 heavy (non-hydrogen) atoms. The van der Waals surface area contributed by atoms with E-state index >= 15 is 0 Å². The summed E-state index contributed by atoms with van der Waals surface area (Å²) in [6.07, 6.45) is 0.488. The lowest BCUT2D eigenvalue weighted by atomic mass is 10.1. The van der Waals surface area contributed by atoms with E-state index in [4.69, 9.17) is 11.6 Å². The number of anilines is 2. The lowest BCUT2D eigenvalue weighted by molar-refractivity contribution is -0.117. The zero-order valence-electron chi connectivity index (χ0n) is 15.5. The Morgan fingerprint density at radius 1 is 1.14 bits per heavy atom. The molecule has 2 N–H and O–H groups in total. The maximum absolute atomic E-state index is 12.2. The Morgan fingerprint density at radius 3 is 2.68 bits per heavy atom. The smallest absolute Gasteiger partial charge is 0.234 e. The highest BCUT2D eigenvalue weighted by molar-refractivity contribution is 8.01. The monoisotopic (exact) mass is 433 g/mol. The first-order chi connectivity index (χ1) is 13.4. The second-order valence-corrected chi connectivity index (χ2v) is 9.29. The summed E-state index contributed by atoms with van der Waals surface area (Å²) in [4.78, 5) is 28.6. The number of carbonyl (C=O) groups excluding carboxylic acids is 2. The minimum Gasteiger partial charge on any atom is -0.326 e. The van der Waals surface area contributed by atoms with Crippen molar-refractivity contribution in [2.45, 2.75) is 24.6 Å². The molecule has 0 aliphatic carbocycles. The Kier molecular flexibility index (Phi) is 6.93. The predicted octanol–water partition coefficient (Wildman–Crippen LogP) is 5.67. The highest BCUT2D eigenvalue weighted by Gasteiger charge is 2.11. The van der Waals surface area contributed by atoms with E-state index in [0.717, 1.165) is 20.2 Å². The lowest BCUT2D eigenvalue weighted by Gasteiger charge is -2.06. The molecule has 3 aromatic rings. The van der Waals surface area contributed by atoms with Crippen molar-refractivity contribution in [1.29, 1.82) is 0 Å². The highest BCUT2D eigenvalue weighted by Crippen LogP contribution is 2.31. The number of para-hydroxylation sites is 1. The number of nitrogens with zero attached hydrogens (tertiary/aromatic N) is 1. The summed E-state index contributed by atoms with van der Waals surface area (Å²) in [7, 11) is 0. The Bertz CT molecular complexity index is 1000. The predicted molar refractivity (Wildman–Crippen MR) is 119 cm³/mol. The van der Waals surface area contributed by atoms with Crippen molar-refractivity contribution in [3.63, 3.8) is 0 Å². The second kappa shape index (κ2) is 9.41. The quantitative estimate of drug-likeness (QED) is 0.471. The van der Waals surface area contributed by atoms with Crippen LogP contribution in [0.1, 0.15) is 20.3 Å². The molecule has 0 aliphatic heterocycles. The van der Waals surface area contributed by atoms with Crippen molar-refractivity contribution in [3.8, 4) is 0 Å². The van der Waals surface area contributed by atoms with Crippen molar-refractivity contribution < 1.29 is 9.59 Å². The molecule has 2 aromatic carbocycles. The lowest BCUT2D eigenvalue weighted by Crippen LogP contribution is -2.14. The third-order valence-electron chi connectivity index (χ3n) is 3.72. The third-order valence-corrected chi connectivity index (χ3v) is 6.21. The average Bonchev–Trinajstić information content (AvgIpc) is 3.03. The van der Waals surface area contributed by atoms with Gasteiger partial charge < -0.3 is 10.6 Å². The normalized spacial score (nSPS) is 11.0. The average molecular weight is 434 g/mol. The van der Waals surface area contributed by atoms with Gasteiger partial charge >= 0.3 is 0 Å². The number of benzene rings is 2. The molecule has 0 saturated carbocycles. The van der Waals surface area contributed by atoms with Crippen molar-refractivity contribution in [3.05, 3.63) is 47.5 Å². The van der Waals surface area contributed by atoms with Crippen LogP contribution in [0, 0.1) is 5.92 Å². The van der Waals surface area contributed by atoms with Gasteiger partial charge in [0.2, 0.25) is 11.8 Å². The minimum absolute atomic E-state index is 0.00436. The van der Waals surface area contributed by atoms with Crippen LogP contribution in [0.15, 0.2) is 46.8 Å². The van der Waals surface area contributed by atoms with Crippen LogP contribution in [0.2, 0.25) is 5.02 Å². The number of amides is 2. The van der Waals surface area contributed by atoms with Crippen LogP contribution in [0.3, 0.4) is 0 Å². The Morgan fingerprint density at radius 2 is 1.93 bits per heavy atom. The summed E-state index contributed by atoms with van der Waals surface area (Å²) in [6, 6.07) is 12.8. The minimum atomic E-state index is -0.140. The van der Waals surface area contributed by atoms with E-state index in [-0.39, 0.29) is 17.6 Å². The summed E-state index contributed by atoms with van der Waals surface area (Å²) >= 11 is 8.93. The molecule has 2 amide bonds. The number of aromatic nitrogens is 1. The molecule has 1 heterocycles. The molecule has 0 aliphatic rings. The number of rotatable bonds is 7. The number of thioether (sulfide) groups is 1. The van der Waals surface area contributed by atoms with Crippen LogP contribution in [0.5, 0.6) is 0 Å². The van der Waals surface area contributed by atoms with Crippen LogP contribution in [0.25, 0.3) is 10.2 Å². The number of thiazole rings is 1. The van der Waals surface area contributed by atoms with Gasteiger partial charge in [0.05, 0.1) is 26.7 Å². The summed E-state index contributed by atoms with van der Waals surface area (Å²) < 4.78 is 1.77. The van der Waals surface area contributed by atoms with E-state index in [2.05, 4.69) is 15.6 Å². The molecule has 0 unspecified atom stereocenters. The van der Waals surface area contributed by atoms with Crippen molar-refractivity contribution in [2.24, 2.45) is 5.92 Å². The SMILES string of the molecule is CC(C)CC(=O)Nc1ccc2nc(SCC(=O)Nc3ccccc3Cl)sc2c1. The molecule has 0 bridgehead atoms. The highest BCUT2D eigenvalue weighted by atomic mass is 35.5. The maximum atomic E-state index is 12.2. The van der Waals surface area contributed by atoms with Gasteiger partial charge in [0.1, 0.15) is 0 Å². The Hall–Kier alpha value is -2.09. The number of nitrogens with one attached hydrogen (secondary N) is 2. The zero-order chi connectivity index (χ0) is 20.1. The van der Waals surface area contributed by atoms with Gasteiger partial charge in [-0.1, -0.05) is 49.3 Å². The maximum Gasteiger partial charge on any atom is 0.234 e. The number of halogens is 1. The molecular formula is C20H20ClN3O2S2. The first kappa shape index (κ1) is 20.6. The van der Waals surface area contributed by atoms with Gasteiger partial charge in [-0.05, 0) is 36.2 Å². The van der Waals surface area contributed by atoms with Crippen LogP contribution in [-0.2, 0) is 9.59 Å². The Labute approximate surface area is 176 Å². The molecular weight excluding hydrogens is 414 g/mol. The van der Waals surface area contributed by atoms with Gasteiger partial charge in [-0.2, -0.15) is 0 Å². The fourth-order valence-corrected chi connectivity index (χ4v) is 4.59. The molecule has 0 fully saturated rings. The molecule has 0 saturated heterocycles. The third kappa shape index (κ3) is 5.70. The summed E-state index contributed by atoms with van der Waals surface area (Å²) in [5.41, 5.74) is 2.21. The molecule has 0 atom stereocenters. The summed E-state index contributed by atoms with van der Waals surface area (Å²) in [5.74, 6) is 0.416. The second-order valence-electron chi connectivity index (χ2n) is 6.63. The van der Waals surface area contributed by atoms with Gasteiger partial charge in [-0.15, -0.1) is 11.3 Å². The summed E-state index contributed by atoms with van der Waals surface area (Å²) in [5, 5.41) is 6.22. The molecule has 8 heteroatoms. The molecule has 5 nitrogen and oxygen atoms in total. The van der Waals surface area contributed by atoms with Gasteiger partial charge in [0, 0.05) is 12.1 Å². The fraction of sp³-hybridized carbons (Fsp3) is 0.250. The number of fused-ring (bicyclic) bond motifs is 1. The van der Waals surface area contributed by atoms with Crippen molar-refractivity contribution in [2.75, 3.05) is 16.4 Å². The first-order valence-corrected chi connectivity index (χ1v) is 11.0. The molecule has 0 radical (unpaired) electrons. The fourth-order valence-electron chi connectivity index (χ4n) is 2.50. The number of hydrogen-bond acceptors (Lipinski definition) is 5. The zero-order valence-corrected chi connectivity index (χ0v) is 17.9. The largest absolute Gasteiger partial charge is 0.326 e. The molecule has 146 valence electrons. The van der Waals surface area contributed by atoms with E-state index in [1.807, 2.05) is 44.2 Å². The van der Waals surface area contributed by atoms with Gasteiger partial charge in [0.25, 0.3) is 0 Å². The van der Waals surface area contributed by atoms with Crippen LogP contribution >= 0.6 is 34.7 Å². The van der Waals surface area contributed by atoms with Gasteiger partial charge in [-0.3, -0.25) is 9.59 Å². The van der Waals surface area contributed by atoms with E-state index in [0.29, 0.717) is 23.0 Å². The summed E-state index contributed by atoms with van der Waals surface area (Å²) in [6.45, 7) is 4.02. The number of carbonyl (C=O) groups is 2. The van der Waals surface area contributed by atoms with E-state index in [9.17, 15) is 9.59 Å². The topological polar surface area (TPSA) is 71.1 Å².